The van der Waals surface area contributed by atoms with E-state index in [2.05, 4.69) is 40.1 Å². The van der Waals surface area contributed by atoms with Crippen molar-refractivity contribution in [2.24, 2.45) is 5.73 Å². The molecule has 0 aliphatic heterocycles. The first-order valence-electron chi connectivity index (χ1n) is 5.72. The molecular formula is C13H16BrN3. The van der Waals surface area contributed by atoms with E-state index in [0.717, 1.165) is 23.0 Å². The first kappa shape index (κ1) is 12.3. The van der Waals surface area contributed by atoms with Crippen molar-refractivity contribution in [1.82, 2.24) is 9.78 Å². The van der Waals surface area contributed by atoms with E-state index < -0.39 is 0 Å². The summed E-state index contributed by atoms with van der Waals surface area (Å²) in [5, 5.41) is 4.40. The quantitative estimate of drug-likeness (QED) is 0.942. The number of hydrogen-bond acceptors (Lipinski definition) is 2. The highest BCUT2D eigenvalue weighted by atomic mass is 79.9. The minimum absolute atomic E-state index is 0.559. The first-order chi connectivity index (χ1) is 8.24. The van der Waals surface area contributed by atoms with Crippen LogP contribution < -0.4 is 5.73 Å². The molecule has 0 saturated carbocycles. The SMILES string of the molecule is CCc1c(CN)cnn1Cc1ccc(Br)cc1. The van der Waals surface area contributed by atoms with E-state index in [-0.39, 0.29) is 0 Å². The van der Waals surface area contributed by atoms with E-state index in [1.54, 1.807) is 0 Å². The standard InChI is InChI=1S/C13H16BrN3/c1-2-13-11(7-15)8-16-17(13)9-10-3-5-12(14)6-4-10/h3-6,8H,2,7,9,15H2,1H3. The summed E-state index contributed by atoms with van der Waals surface area (Å²) in [7, 11) is 0. The van der Waals surface area contributed by atoms with E-state index >= 15 is 0 Å². The summed E-state index contributed by atoms with van der Waals surface area (Å²) in [6.07, 6.45) is 2.83. The van der Waals surface area contributed by atoms with Gasteiger partial charge in [0.15, 0.2) is 0 Å². The minimum atomic E-state index is 0.559. The summed E-state index contributed by atoms with van der Waals surface area (Å²) < 4.78 is 3.13. The van der Waals surface area contributed by atoms with E-state index in [1.807, 2.05) is 23.0 Å². The fourth-order valence-electron chi connectivity index (χ4n) is 1.93. The van der Waals surface area contributed by atoms with Crippen molar-refractivity contribution >= 4 is 15.9 Å². The summed E-state index contributed by atoms with van der Waals surface area (Å²) in [6, 6.07) is 8.31. The molecule has 0 spiro atoms. The topological polar surface area (TPSA) is 43.8 Å². The lowest BCUT2D eigenvalue weighted by Crippen LogP contribution is -2.08. The molecular weight excluding hydrogens is 278 g/mol. The number of halogens is 1. The number of nitrogens with zero attached hydrogens (tertiary/aromatic N) is 2. The molecule has 3 nitrogen and oxygen atoms in total. The Balaban J connectivity index is 2.23. The van der Waals surface area contributed by atoms with Crippen LogP contribution in [0.25, 0.3) is 0 Å². The van der Waals surface area contributed by atoms with Gasteiger partial charge >= 0.3 is 0 Å². The molecule has 4 heteroatoms. The van der Waals surface area contributed by atoms with Crippen LogP contribution in [0.5, 0.6) is 0 Å². The lowest BCUT2D eigenvalue weighted by Gasteiger charge is -2.07. The zero-order chi connectivity index (χ0) is 12.3. The van der Waals surface area contributed by atoms with Crippen LogP contribution in [0.1, 0.15) is 23.7 Å². The Morgan fingerprint density at radius 3 is 2.59 bits per heavy atom. The van der Waals surface area contributed by atoms with Crippen molar-refractivity contribution in [2.75, 3.05) is 0 Å². The normalized spacial score (nSPS) is 10.8. The van der Waals surface area contributed by atoms with Gasteiger partial charge in [-0.3, -0.25) is 4.68 Å². The van der Waals surface area contributed by atoms with Gasteiger partial charge in [0.25, 0.3) is 0 Å². The Morgan fingerprint density at radius 2 is 2.00 bits per heavy atom. The average Bonchev–Trinajstić information content (AvgIpc) is 2.74. The van der Waals surface area contributed by atoms with E-state index in [9.17, 15) is 0 Å². The third-order valence-electron chi connectivity index (χ3n) is 2.84. The second-order valence-electron chi connectivity index (χ2n) is 3.96. The van der Waals surface area contributed by atoms with Crippen molar-refractivity contribution in [3.05, 3.63) is 51.8 Å². The van der Waals surface area contributed by atoms with Gasteiger partial charge in [0.05, 0.1) is 12.7 Å². The highest BCUT2D eigenvalue weighted by molar-refractivity contribution is 9.10. The van der Waals surface area contributed by atoms with Gasteiger partial charge in [-0.05, 0) is 24.1 Å². The summed E-state index contributed by atoms with van der Waals surface area (Å²) in [6.45, 7) is 3.49. The zero-order valence-corrected chi connectivity index (χ0v) is 11.4. The smallest absolute Gasteiger partial charge is 0.0662 e. The van der Waals surface area contributed by atoms with Crippen molar-refractivity contribution in [3.63, 3.8) is 0 Å². The van der Waals surface area contributed by atoms with Gasteiger partial charge in [-0.2, -0.15) is 5.10 Å². The highest BCUT2D eigenvalue weighted by Crippen LogP contribution is 2.14. The monoisotopic (exact) mass is 293 g/mol. The molecule has 90 valence electrons. The molecule has 1 aromatic heterocycles. The Bertz CT molecular complexity index is 488. The summed E-state index contributed by atoms with van der Waals surface area (Å²) in [5.74, 6) is 0. The van der Waals surface area contributed by atoms with Gasteiger partial charge in [0.2, 0.25) is 0 Å². The fraction of sp³-hybridized carbons (Fsp3) is 0.308. The second-order valence-corrected chi connectivity index (χ2v) is 4.87. The molecule has 0 amide bonds. The summed E-state index contributed by atoms with van der Waals surface area (Å²) in [5.41, 5.74) is 9.31. The number of benzene rings is 1. The summed E-state index contributed by atoms with van der Waals surface area (Å²) in [4.78, 5) is 0. The lowest BCUT2D eigenvalue weighted by molar-refractivity contribution is 0.647. The fourth-order valence-corrected chi connectivity index (χ4v) is 2.19. The average molecular weight is 294 g/mol. The largest absolute Gasteiger partial charge is 0.326 e. The van der Waals surface area contributed by atoms with Gasteiger partial charge in [-0.1, -0.05) is 35.0 Å². The number of nitrogens with two attached hydrogens (primary N) is 1. The van der Waals surface area contributed by atoms with Gasteiger partial charge in [-0.15, -0.1) is 0 Å². The third kappa shape index (κ3) is 2.76. The predicted octanol–water partition coefficient (Wildman–Crippen LogP) is 2.72. The molecule has 2 N–H and O–H groups in total. The Kier molecular flexibility index (Phi) is 3.97. The Labute approximate surface area is 110 Å². The predicted molar refractivity (Wildman–Crippen MR) is 72.7 cm³/mol. The molecule has 17 heavy (non-hydrogen) atoms. The number of rotatable bonds is 4. The number of aromatic nitrogens is 2. The maximum atomic E-state index is 5.69. The maximum Gasteiger partial charge on any atom is 0.0662 e. The van der Waals surface area contributed by atoms with Crippen LogP contribution in [0.4, 0.5) is 0 Å². The zero-order valence-electron chi connectivity index (χ0n) is 9.86. The van der Waals surface area contributed by atoms with Crippen LogP contribution in [-0.4, -0.2) is 9.78 Å². The molecule has 0 atom stereocenters. The Morgan fingerprint density at radius 1 is 1.29 bits per heavy atom. The summed E-state index contributed by atoms with van der Waals surface area (Å²) >= 11 is 3.44. The van der Waals surface area contributed by atoms with E-state index in [0.29, 0.717) is 6.54 Å². The van der Waals surface area contributed by atoms with Crippen LogP contribution in [0, 0.1) is 0 Å². The molecule has 0 aliphatic carbocycles. The molecule has 0 fully saturated rings. The van der Waals surface area contributed by atoms with Crippen molar-refractivity contribution in [3.8, 4) is 0 Å². The lowest BCUT2D eigenvalue weighted by atomic mass is 10.2. The van der Waals surface area contributed by atoms with Crippen molar-refractivity contribution in [1.29, 1.82) is 0 Å². The van der Waals surface area contributed by atoms with E-state index in [1.165, 1.54) is 11.3 Å². The first-order valence-corrected chi connectivity index (χ1v) is 6.52. The second kappa shape index (κ2) is 5.47. The number of hydrogen-bond donors (Lipinski definition) is 1. The molecule has 0 saturated heterocycles. The Hall–Kier alpha value is -1.13. The van der Waals surface area contributed by atoms with Crippen molar-refractivity contribution in [2.45, 2.75) is 26.4 Å². The van der Waals surface area contributed by atoms with Crippen LogP contribution >= 0.6 is 15.9 Å². The molecule has 0 unspecified atom stereocenters. The van der Waals surface area contributed by atoms with Crippen LogP contribution in [0.2, 0.25) is 0 Å². The molecule has 0 aliphatic rings. The van der Waals surface area contributed by atoms with E-state index in [4.69, 9.17) is 5.73 Å². The molecule has 2 rings (SSSR count). The van der Waals surface area contributed by atoms with Crippen LogP contribution in [0.3, 0.4) is 0 Å². The molecule has 0 bridgehead atoms. The van der Waals surface area contributed by atoms with Crippen LogP contribution in [-0.2, 0) is 19.5 Å². The maximum absolute atomic E-state index is 5.69. The van der Waals surface area contributed by atoms with Gasteiger partial charge in [-0.25, -0.2) is 0 Å². The molecule has 1 heterocycles. The van der Waals surface area contributed by atoms with Gasteiger partial charge in [0, 0.05) is 22.3 Å². The van der Waals surface area contributed by atoms with Gasteiger partial charge in [0.1, 0.15) is 0 Å². The minimum Gasteiger partial charge on any atom is -0.326 e. The highest BCUT2D eigenvalue weighted by Gasteiger charge is 2.07. The molecule has 1 aromatic carbocycles. The van der Waals surface area contributed by atoms with Crippen molar-refractivity contribution < 1.29 is 0 Å². The van der Waals surface area contributed by atoms with Gasteiger partial charge < -0.3 is 5.73 Å². The van der Waals surface area contributed by atoms with Crippen LogP contribution in [0.15, 0.2) is 34.9 Å². The molecule has 0 radical (unpaired) electrons. The third-order valence-corrected chi connectivity index (χ3v) is 3.36. The molecule has 2 aromatic rings.